The minimum atomic E-state index is -0.362. The van der Waals surface area contributed by atoms with Crippen molar-refractivity contribution >= 4 is 16.7 Å². The van der Waals surface area contributed by atoms with E-state index in [4.69, 9.17) is 10.3 Å². The second-order valence-corrected chi connectivity index (χ2v) is 3.49. The van der Waals surface area contributed by atoms with Crippen molar-refractivity contribution in [1.82, 2.24) is 10.1 Å². The van der Waals surface area contributed by atoms with Gasteiger partial charge in [0, 0.05) is 17.6 Å². The van der Waals surface area contributed by atoms with Crippen molar-refractivity contribution in [3.8, 4) is 11.3 Å². The highest BCUT2D eigenvalue weighted by Crippen LogP contribution is 2.28. The molecule has 0 aliphatic carbocycles. The first-order valence-corrected chi connectivity index (χ1v) is 4.74. The lowest BCUT2D eigenvalue weighted by molar-refractivity contribution is 0.433. The average Bonchev–Trinajstić information content (AvgIpc) is 2.87. The molecule has 16 heavy (non-hydrogen) atoms. The summed E-state index contributed by atoms with van der Waals surface area (Å²) in [5.74, 6) is 0.200. The molecule has 0 atom stereocenters. The lowest BCUT2D eigenvalue weighted by Crippen LogP contribution is -1.84. The summed E-state index contributed by atoms with van der Waals surface area (Å²) in [5, 5.41) is 4.34. The number of nitrogens with two attached hydrogens (primary N) is 1. The summed E-state index contributed by atoms with van der Waals surface area (Å²) in [4.78, 5) is 2.84. The number of anilines is 1. The standard InChI is InChI=1S/C11H8FN3O/c12-10-7(8-5-9(13)15-16-8)2-1-6-3-4-14-11(6)10/h1-5,14H,(H2,13,15). The monoisotopic (exact) mass is 217 g/mol. The summed E-state index contributed by atoms with van der Waals surface area (Å²) in [5.41, 5.74) is 6.22. The number of rotatable bonds is 1. The molecule has 3 rings (SSSR count). The molecule has 5 heteroatoms. The largest absolute Gasteiger partial charge is 0.381 e. The fourth-order valence-corrected chi connectivity index (χ4v) is 1.70. The van der Waals surface area contributed by atoms with Gasteiger partial charge in [0.25, 0.3) is 0 Å². The van der Waals surface area contributed by atoms with Crippen LogP contribution in [0.4, 0.5) is 10.2 Å². The highest BCUT2D eigenvalue weighted by atomic mass is 19.1. The Labute approximate surface area is 89.9 Å². The van der Waals surface area contributed by atoms with Crippen LogP contribution in [0.15, 0.2) is 35.0 Å². The van der Waals surface area contributed by atoms with Crippen LogP contribution < -0.4 is 5.73 Å². The van der Waals surface area contributed by atoms with E-state index >= 15 is 0 Å². The SMILES string of the molecule is Nc1cc(-c2ccc3cc[nH]c3c2F)on1. The molecule has 0 radical (unpaired) electrons. The first-order chi connectivity index (χ1) is 7.75. The zero-order valence-corrected chi connectivity index (χ0v) is 8.20. The third kappa shape index (κ3) is 1.18. The molecule has 0 aliphatic rings. The van der Waals surface area contributed by atoms with Crippen molar-refractivity contribution in [2.45, 2.75) is 0 Å². The summed E-state index contributed by atoms with van der Waals surface area (Å²) in [6.07, 6.45) is 1.69. The van der Waals surface area contributed by atoms with Gasteiger partial charge in [-0.3, -0.25) is 0 Å². The number of H-pyrrole nitrogens is 1. The van der Waals surface area contributed by atoms with E-state index in [2.05, 4.69) is 10.1 Å². The van der Waals surface area contributed by atoms with Crippen LogP contribution in [-0.4, -0.2) is 10.1 Å². The third-order valence-electron chi connectivity index (χ3n) is 2.46. The molecule has 0 saturated carbocycles. The maximum Gasteiger partial charge on any atom is 0.172 e. The van der Waals surface area contributed by atoms with Crippen LogP contribution in [0.1, 0.15) is 0 Å². The number of hydrogen-bond donors (Lipinski definition) is 2. The van der Waals surface area contributed by atoms with Crippen molar-refractivity contribution in [3.63, 3.8) is 0 Å². The lowest BCUT2D eigenvalue weighted by Gasteiger charge is -1.99. The molecule has 2 heterocycles. The van der Waals surface area contributed by atoms with Crippen molar-refractivity contribution in [3.05, 3.63) is 36.3 Å². The van der Waals surface area contributed by atoms with Crippen LogP contribution in [0.2, 0.25) is 0 Å². The van der Waals surface area contributed by atoms with Gasteiger partial charge in [0.1, 0.15) is 0 Å². The second-order valence-electron chi connectivity index (χ2n) is 3.49. The molecule has 0 unspecified atom stereocenters. The molecule has 0 spiro atoms. The van der Waals surface area contributed by atoms with E-state index in [9.17, 15) is 4.39 Å². The van der Waals surface area contributed by atoms with Gasteiger partial charge in [-0.15, -0.1) is 0 Å². The van der Waals surface area contributed by atoms with E-state index in [-0.39, 0.29) is 11.6 Å². The molecule has 4 nitrogen and oxygen atoms in total. The predicted octanol–water partition coefficient (Wildman–Crippen LogP) is 2.54. The third-order valence-corrected chi connectivity index (χ3v) is 2.46. The van der Waals surface area contributed by atoms with Crippen molar-refractivity contribution in [2.75, 3.05) is 5.73 Å². The van der Waals surface area contributed by atoms with Gasteiger partial charge in [-0.25, -0.2) is 4.39 Å². The summed E-state index contributed by atoms with van der Waals surface area (Å²) >= 11 is 0. The topological polar surface area (TPSA) is 67.8 Å². The number of hydrogen-bond acceptors (Lipinski definition) is 3. The van der Waals surface area contributed by atoms with E-state index in [1.165, 1.54) is 6.07 Å². The maximum absolute atomic E-state index is 14.0. The van der Waals surface area contributed by atoms with E-state index in [1.54, 1.807) is 18.3 Å². The van der Waals surface area contributed by atoms with Crippen LogP contribution in [0.3, 0.4) is 0 Å². The summed E-state index contributed by atoms with van der Waals surface area (Å²) in [6.45, 7) is 0. The van der Waals surface area contributed by atoms with Gasteiger partial charge in [0.15, 0.2) is 17.4 Å². The number of halogens is 1. The maximum atomic E-state index is 14.0. The molecule has 0 bridgehead atoms. The average molecular weight is 217 g/mol. The Kier molecular flexibility index (Phi) is 1.73. The fourth-order valence-electron chi connectivity index (χ4n) is 1.70. The summed E-state index contributed by atoms with van der Waals surface area (Å²) in [7, 11) is 0. The first kappa shape index (κ1) is 8.96. The van der Waals surface area contributed by atoms with Crippen LogP contribution >= 0.6 is 0 Å². The highest BCUT2D eigenvalue weighted by molar-refractivity contribution is 5.85. The number of fused-ring (bicyclic) bond motifs is 1. The van der Waals surface area contributed by atoms with Gasteiger partial charge in [-0.05, 0) is 12.1 Å². The van der Waals surface area contributed by atoms with Crippen LogP contribution in [0.25, 0.3) is 22.2 Å². The summed E-state index contributed by atoms with van der Waals surface area (Å²) < 4.78 is 19.0. The van der Waals surface area contributed by atoms with Crippen molar-refractivity contribution in [2.24, 2.45) is 0 Å². The van der Waals surface area contributed by atoms with E-state index in [0.717, 1.165) is 5.39 Å². The zero-order chi connectivity index (χ0) is 11.1. The minimum absolute atomic E-state index is 0.237. The Hall–Kier alpha value is -2.30. The molecule has 0 saturated heterocycles. The van der Waals surface area contributed by atoms with Gasteiger partial charge in [0.2, 0.25) is 0 Å². The Morgan fingerprint density at radius 3 is 2.94 bits per heavy atom. The molecule has 0 amide bonds. The molecule has 3 aromatic rings. The lowest BCUT2D eigenvalue weighted by atomic mass is 10.1. The number of aromatic nitrogens is 2. The molecule has 2 aromatic heterocycles. The summed E-state index contributed by atoms with van der Waals surface area (Å²) in [6, 6.07) is 6.75. The van der Waals surface area contributed by atoms with E-state index in [1.807, 2.05) is 6.07 Å². The van der Waals surface area contributed by atoms with Gasteiger partial charge in [-0.1, -0.05) is 11.2 Å². The Morgan fingerprint density at radius 2 is 2.19 bits per heavy atom. The molecule has 3 N–H and O–H groups in total. The number of aromatic amines is 1. The molecule has 0 aliphatic heterocycles. The number of nitrogen functional groups attached to an aromatic ring is 1. The Balaban J connectivity index is 2.27. The quantitative estimate of drug-likeness (QED) is 0.658. The van der Waals surface area contributed by atoms with Crippen molar-refractivity contribution < 1.29 is 8.91 Å². The zero-order valence-electron chi connectivity index (χ0n) is 8.20. The molecule has 80 valence electrons. The van der Waals surface area contributed by atoms with Crippen LogP contribution in [-0.2, 0) is 0 Å². The van der Waals surface area contributed by atoms with Crippen LogP contribution in [0.5, 0.6) is 0 Å². The number of nitrogens with zero attached hydrogens (tertiary/aromatic N) is 1. The predicted molar refractivity (Wildman–Crippen MR) is 58.2 cm³/mol. The highest BCUT2D eigenvalue weighted by Gasteiger charge is 2.13. The fraction of sp³-hybridized carbons (Fsp3) is 0. The number of nitrogens with one attached hydrogen (secondary N) is 1. The van der Waals surface area contributed by atoms with Crippen LogP contribution in [0, 0.1) is 5.82 Å². The minimum Gasteiger partial charge on any atom is -0.381 e. The Bertz CT molecular complexity index is 656. The second kappa shape index (κ2) is 3.10. The van der Waals surface area contributed by atoms with Gasteiger partial charge in [0.05, 0.1) is 11.1 Å². The molecular weight excluding hydrogens is 209 g/mol. The van der Waals surface area contributed by atoms with Crippen molar-refractivity contribution in [1.29, 1.82) is 0 Å². The number of benzene rings is 1. The van der Waals surface area contributed by atoms with Gasteiger partial charge >= 0.3 is 0 Å². The smallest absolute Gasteiger partial charge is 0.172 e. The van der Waals surface area contributed by atoms with Gasteiger partial charge in [-0.2, -0.15) is 0 Å². The molecular formula is C11H8FN3O. The first-order valence-electron chi connectivity index (χ1n) is 4.74. The Morgan fingerprint density at radius 1 is 1.31 bits per heavy atom. The molecule has 1 aromatic carbocycles. The van der Waals surface area contributed by atoms with Gasteiger partial charge < -0.3 is 15.2 Å². The molecule has 0 fully saturated rings. The van der Waals surface area contributed by atoms with E-state index in [0.29, 0.717) is 16.8 Å². The normalized spacial score (nSPS) is 11.1. The van der Waals surface area contributed by atoms with E-state index < -0.39 is 0 Å².